The summed E-state index contributed by atoms with van der Waals surface area (Å²) in [6.45, 7) is 0.510. The van der Waals surface area contributed by atoms with Crippen LogP contribution in [0.4, 0.5) is 5.69 Å². The Morgan fingerprint density at radius 2 is 1.85 bits per heavy atom. The van der Waals surface area contributed by atoms with E-state index in [1.54, 1.807) is 19.1 Å². The molecule has 0 spiro atoms. The van der Waals surface area contributed by atoms with Crippen LogP contribution < -0.4 is 14.4 Å². The third kappa shape index (κ3) is 3.23. The molecule has 0 aliphatic carbocycles. The van der Waals surface area contributed by atoms with E-state index >= 15 is 0 Å². The highest BCUT2D eigenvalue weighted by atomic mass is 16.5. The summed E-state index contributed by atoms with van der Waals surface area (Å²) < 4.78 is 15.9. The number of nitrogens with zero attached hydrogens (tertiary/aromatic N) is 3. The number of ether oxygens (including phenoxy) is 2. The SMILES string of the molecule is COc1ccc(N2C[C@@H](c3noc(-c4ccccc4OC)n3)CC2=O)cc1. The summed E-state index contributed by atoms with van der Waals surface area (Å²) in [5, 5.41) is 4.10. The van der Waals surface area contributed by atoms with Gasteiger partial charge in [0.2, 0.25) is 5.91 Å². The van der Waals surface area contributed by atoms with Crippen LogP contribution in [0, 0.1) is 0 Å². The molecule has 0 unspecified atom stereocenters. The van der Waals surface area contributed by atoms with E-state index in [-0.39, 0.29) is 11.8 Å². The van der Waals surface area contributed by atoms with Crippen molar-refractivity contribution in [2.24, 2.45) is 0 Å². The van der Waals surface area contributed by atoms with Gasteiger partial charge in [-0.2, -0.15) is 4.98 Å². The summed E-state index contributed by atoms with van der Waals surface area (Å²) in [5.74, 6) is 2.25. The minimum Gasteiger partial charge on any atom is -0.497 e. The number of hydrogen-bond donors (Lipinski definition) is 0. The van der Waals surface area contributed by atoms with Gasteiger partial charge in [-0.15, -0.1) is 0 Å². The molecular formula is C20H19N3O4. The molecular weight excluding hydrogens is 346 g/mol. The van der Waals surface area contributed by atoms with Gasteiger partial charge in [0.25, 0.3) is 5.89 Å². The van der Waals surface area contributed by atoms with Crippen LogP contribution in [-0.4, -0.2) is 36.8 Å². The van der Waals surface area contributed by atoms with Gasteiger partial charge in [0.05, 0.1) is 19.8 Å². The van der Waals surface area contributed by atoms with E-state index in [4.69, 9.17) is 14.0 Å². The molecule has 2 heterocycles. The fraction of sp³-hybridized carbons (Fsp3) is 0.250. The molecule has 0 bridgehead atoms. The fourth-order valence-electron chi connectivity index (χ4n) is 3.22. The highest BCUT2D eigenvalue weighted by molar-refractivity contribution is 5.96. The van der Waals surface area contributed by atoms with Crippen molar-refractivity contribution in [1.29, 1.82) is 0 Å². The average Bonchev–Trinajstić information content (AvgIpc) is 3.35. The van der Waals surface area contributed by atoms with Crippen molar-refractivity contribution in [1.82, 2.24) is 10.1 Å². The molecule has 0 saturated carbocycles. The maximum absolute atomic E-state index is 12.5. The van der Waals surface area contributed by atoms with Crippen LogP contribution in [0.5, 0.6) is 11.5 Å². The third-order valence-electron chi connectivity index (χ3n) is 4.65. The lowest BCUT2D eigenvalue weighted by Crippen LogP contribution is -2.24. The summed E-state index contributed by atoms with van der Waals surface area (Å²) in [7, 11) is 3.21. The molecule has 1 fully saturated rings. The molecule has 3 aromatic rings. The standard InChI is InChI=1S/C20H19N3O4/c1-25-15-9-7-14(8-10-15)23-12-13(11-18(23)24)19-21-20(27-22-19)16-5-3-4-6-17(16)26-2/h3-10,13H,11-12H2,1-2H3/t13-/m0/s1. The summed E-state index contributed by atoms with van der Waals surface area (Å²) in [5.41, 5.74) is 1.56. The zero-order valence-electron chi connectivity index (χ0n) is 15.1. The minimum atomic E-state index is -0.119. The summed E-state index contributed by atoms with van der Waals surface area (Å²) in [6, 6.07) is 14.9. The van der Waals surface area contributed by atoms with Gasteiger partial charge in [0.1, 0.15) is 11.5 Å². The third-order valence-corrected chi connectivity index (χ3v) is 4.65. The molecule has 0 N–H and O–H groups in total. The second-order valence-corrected chi connectivity index (χ2v) is 6.26. The summed E-state index contributed by atoms with van der Waals surface area (Å²) in [6.07, 6.45) is 0.344. The first-order valence-electron chi connectivity index (χ1n) is 8.61. The van der Waals surface area contributed by atoms with Crippen LogP contribution in [0.25, 0.3) is 11.5 Å². The molecule has 2 aromatic carbocycles. The van der Waals surface area contributed by atoms with Crippen molar-refractivity contribution in [2.45, 2.75) is 12.3 Å². The zero-order valence-corrected chi connectivity index (χ0v) is 15.1. The van der Waals surface area contributed by atoms with Crippen molar-refractivity contribution < 1.29 is 18.8 Å². The highest BCUT2D eigenvalue weighted by Crippen LogP contribution is 2.34. The van der Waals surface area contributed by atoms with Gasteiger partial charge in [-0.25, -0.2) is 0 Å². The maximum Gasteiger partial charge on any atom is 0.261 e. The number of methoxy groups -OCH3 is 2. The number of benzene rings is 2. The second kappa shape index (κ2) is 7.11. The van der Waals surface area contributed by atoms with Crippen LogP contribution in [0.3, 0.4) is 0 Å². The Bertz CT molecular complexity index is 952. The topological polar surface area (TPSA) is 77.7 Å². The van der Waals surface area contributed by atoms with Crippen LogP contribution in [0.2, 0.25) is 0 Å². The fourth-order valence-corrected chi connectivity index (χ4v) is 3.22. The number of carbonyl (C=O) groups is 1. The zero-order chi connectivity index (χ0) is 18.8. The Hall–Kier alpha value is -3.35. The molecule has 7 heteroatoms. The van der Waals surface area contributed by atoms with E-state index in [0.29, 0.717) is 30.4 Å². The predicted molar refractivity (Wildman–Crippen MR) is 99.0 cm³/mol. The summed E-state index contributed by atoms with van der Waals surface area (Å²) >= 11 is 0. The molecule has 1 aliphatic rings. The van der Waals surface area contributed by atoms with E-state index < -0.39 is 0 Å². The number of hydrogen-bond acceptors (Lipinski definition) is 6. The van der Waals surface area contributed by atoms with Crippen LogP contribution >= 0.6 is 0 Å². The quantitative estimate of drug-likeness (QED) is 0.691. The molecule has 138 valence electrons. The first-order valence-corrected chi connectivity index (χ1v) is 8.61. The van der Waals surface area contributed by atoms with Crippen molar-refractivity contribution in [2.75, 3.05) is 25.7 Å². The number of para-hydroxylation sites is 1. The highest BCUT2D eigenvalue weighted by Gasteiger charge is 2.34. The summed E-state index contributed by atoms with van der Waals surface area (Å²) in [4.78, 5) is 18.7. The van der Waals surface area contributed by atoms with Gasteiger partial charge < -0.3 is 18.9 Å². The largest absolute Gasteiger partial charge is 0.497 e. The van der Waals surface area contributed by atoms with Gasteiger partial charge in [0.15, 0.2) is 5.82 Å². The number of anilines is 1. The molecule has 0 radical (unpaired) electrons. The number of amides is 1. The smallest absolute Gasteiger partial charge is 0.261 e. The van der Waals surface area contributed by atoms with Crippen molar-refractivity contribution in [3.63, 3.8) is 0 Å². The Labute approximate surface area is 156 Å². The Morgan fingerprint density at radius 1 is 1.07 bits per heavy atom. The van der Waals surface area contributed by atoms with E-state index in [9.17, 15) is 4.79 Å². The number of rotatable bonds is 5. The maximum atomic E-state index is 12.5. The Balaban J connectivity index is 1.55. The lowest BCUT2D eigenvalue weighted by Gasteiger charge is -2.16. The van der Waals surface area contributed by atoms with Crippen LogP contribution in [0.15, 0.2) is 53.1 Å². The molecule has 1 atom stereocenters. The van der Waals surface area contributed by atoms with Gasteiger partial charge in [-0.05, 0) is 36.4 Å². The van der Waals surface area contributed by atoms with E-state index in [2.05, 4.69) is 10.1 Å². The lowest BCUT2D eigenvalue weighted by molar-refractivity contribution is -0.117. The molecule has 27 heavy (non-hydrogen) atoms. The molecule has 1 aliphatic heterocycles. The van der Waals surface area contributed by atoms with Crippen molar-refractivity contribution >= 4 is 11.6 Å². The number of aromatic nitrogens is 2. The molecule has 1 saturated heterocycles. The van der Waals surface area contributed by atoms with E-state index in [1.165, 1.54) is 0 Å². The van der Waals surface area contributed by atoms with Crippen LogP contribution in [0.1, 0.15) is 18.2 Å². The van der Waals surface area contributed by atoms with E-state index in [0.717, 1.165) is 17.0 Å². The molecule has 4 rings (SSSR count). The van der Waals surface area contributed by atoms with E-state index in [1.807, 2.05) is 48.5 Å². The van der Waals surface area contributed by atoms with Gasteiger partial charge in [-0.3, -0.25) is 4.79 Å². The Kier molecular flexibility index (Phi) is 4.50. The normalized spacial score (nSPS) is 16.6. The van der Waals surface area contributed by atoms with Crippen molar-refractivity contribution in [3.05, 3.63) is 54.4 Å². The van der Waals surface area contributed by atoms with Gasteiger partial charge >= 0.3 is 0 Å². The van der Waals surface area contributed by atoms with Gasteiger partial charge in [-0.1, -0.05) is 17.3 Å². The first kappa shape index (κ1) is 17.1. The van der Waals surface area contributed by atoms with Gasteiger partial charge in [0, 0.05) is 24.6 Å². The molecule has 1 aromatic heterocycles. The first-order chi connectivity index (χ1) is 13.2. The Morgan fingerprint density at radius 3 is 2.59 bits per heavy atom. The number of carbonyl (C=O) groups excluding carboxylic acids is 1. The van der Waals surface area contributed by atoms with Crippen molar-refractivity contribution in [3.8, 4) is 23.0 Å². The van der Waals surface area contributed by atoms with Crippen LogP contribution in [-0.2, 0) is 4.79 Å². The predicted octanol–water partition coefficient (Wildman–Crippen LogP) is 3.27. The monoisotopic (exact) mass is 365 g/mol. The second-order valence-electron chi connectivity index (χ2n) is 6.26. The minimum absolute atomic E-state index is 0.0359. The molecule has 1 amide bonds. The molecule has 7 nitrogen and oxygen atoms in total. The lowest BCUT2D eigenvalue weighted by atomic mass is 10.1. The average molecular weight is 365 g/mol.